The zero-order chi connectivity index (χ0) is 21.1. The summed E-state index contributed by atoms with van der Waals surface area (Å²) in [6, 6.07) is 4.60. The third-order valence-electron chi connectivity index (χ3n) is 4.56. The molecule has 3 amide bonds. The highest BCUT2D eigenvalue weighted by Crippen LogP contribution is 2.20. The van der Waals surface area contributed by atoms with Gasteiger partial charge < -0.3 is 5.32 Å². The molecule has 1 fully saturated rings. The van der Waals surface area contributed by atoms with Gasteiger partial charge in [-0.15, -0.1) is 0 Å². The summed E-state index contributed by atoms with van der Waals surface area (Å²) in [4.78, 5) is 25.9. The first-order chi connectivity index (χ1) is 12.9. The van der Waals surface area contributed by atoms with Gasteiger partial charge in [0, 0.05) is 31.7 Å². The smallest absolute Gasteiger partial charge is 0.321 e. The van der Waals surface area contributed by atoms with Crippen molar-refractivity contribution in [2.75, 3.05) is 32.7 Å². The Balaban J connectivity index is 1.89. The molecule has 2 rings (SSSR count). The predicted octanol–water partition coefficient (Wildman–Crippen LogP) is 1.23. The number of nitrogens with zero attached hydrogens (tertiary/aromatic N) is 2. The van der Waals surface area contributed by atoms with Crippen LogP contribution in [0.25, 0.3) is 0 Å². The van der Waals surface area contributed by atoms with Gasteiger partial charge in [0.05, 0.1) is 11.4 Å². The molecule has 0 aliphatic carbocycles. The predicted molar refractivity (Wildman–Crippen MR) is 108 cm³/mol. The molecule has 0 bridgehead atoms. The van der Waals surface area contributed by atoms with E-state index in [1.165, 1.54) is 4.31 Å². The molecule has 1 saturated heterocycles. The first-order valence-electron chi connectivity index (χ1n) is 9.30. The van der Waals surface area contributed by atoms with Crippen LogP contribution in [0.4, 0.5) is 4.79 Å². The third-order valence-corrected chi connectivity index (χ3v) is 6.45. The maximum atomic E-state index is 12.8. The lowest BCUT2D eigenvalue weighted by atomic mass is 10.1. The summed E-state index contributed by atoms with van der Waals surface area (Å²) in [5.74, 6) is -0.410. The van der Waals surface area contributed by atoms with Crippen LogP contribution in [0.2, 0.25) is 0 Å². The van der Waals surface area contributed by atoms with Crippen LogP contribution in [0.3, 0.4) is 0 Å². The number of urea groups is 1. The number of benzene rings is 1. The van der Waals surface area contributed by atoms with Gasteiger partial charge in [-0.2, -0.15) is 4.31 Å². The van der Waals surface area contributed by atoms with E-state index in [0.717, 1.165) is 11.1 Å². The molecule has 1 aromatic carbocycles. The highest BCUT2D eigenvalue weighted by molar-refractivity contribution is 7.89. The molecule has 0 saturated carbocycles. The average molecular weight is 411 g/mol. The standard InChI is InChI=1S/C19H30N4O4S/c1-14-6-7-16(12-15(14)2)28(26,27)23-10-8-22(9-11-23)13-17(24)20-18(25)21-19(3,4)5/h6-7,12H,8-11,13H2,1-5H3,(H2,20,21,24,25). The first kappa shape index (κ1) is 22.3. The Hall–Kier alpha value is -1.97. The number of carbonyl (C=O) groups excluding carboxylic acids is 2. The molecule has 0 radical (unpaired) electrons. The van der Waals surface area contributed by atoms with Crippen LogP contribution < -0.4 is 10.6 Å². The van der Waals surface area contributed by atoms with Crippen LogP contribution in [0.1, 0.15) is 31.9 Å². The van der Waals surface area contributed by atoms with Gasteiger partial charge in [0.25, 0.3) is 0 Å². The number of aryl methyl sites for hydroxylation is 2. The summed E-state index contributed by atoms with van der Waals surface area (Å²) < 4.78 is 27.1. The average Bonchev–Trinajstić information content (AvgIpc) is 2.55. The SMILES string of the molecule is Cc1ccc(S(=O)(=O)N2CCN(CC(=O)NC(=O)NC(C)(C)C)CC2)cc1C. The Bertz CT molecular complexity index is 838. The first-order valence-corrected chi connectivity index (χ1v) is 10.7. The van der Waals surface area contributed by atoms with E-state index in [1.54, 1.807) is 12.1 Å². The summed E-state index contributed by atoms with van der Waals surface area (Å²) in [5, 5.41) is 4.96. The molecule has 156 valence electrons. The van der Waals surface area contributed by atoms with Crippen LogP contribution in [-0.2, 0) is 14.8 Å². The minimum absolute atomic E-state index is 0.0507. The number of hydrogen-bond donors (Lipinski definition) is 2. The van der Waals surface area contributed by atoms with Gasteiger partial charge in [-0.1, -0.05) is 6.07 Å². The van der Waals surface area contributed by atoms with Gasteiger partial charge in [0.2, 0.25) is 15.9 Å². The molecule has 28 heavy (non-hydrogen) atoms. The highest BCUT2D eigenvalue weighted by atomic mass is 32.2. The number of carbonyl (C=O) groups is 2. The number of amides is 3. The molecule has 8 nitrogen and oxygen atoms in total. The Morgan fingerprint density at radius 3 is 2.18 bits per heavy atom. The molecule has 1 aromatic rings. The van der Waals surface area contributed by atoms with Crippen LogP contribution >= 0.6 is 0 Å². The Morgan fingerprint density at radius 2 is 1.64 bits per heavy atom. The van der Waals surface area contributed by atoms with Crippen molar-refractivity contribution >= 4 is 22.0 Å². The van der Waals surface area contributed by atoms with E-state index in [9.17, 15) is 18.0 Å². The number of nitrogens with one attached hydrogen (secondary N) is 2. The number of sulfonamides is 1. The fourth-order valence-corrected chi connectivity index (χ4v) is 4.40. The van der Waals surface area contributed by atoms with Crippen molar-refractivity contribution in [2.45, 2.75) is 45.1 Å². The van der Waals surface area contributed by atoms with Crippen LogP contribution in [0.15, 0.2) is 23.1 Å². The normalized spacial score (nSPS) is 16.6. The molecular formula is C19H30N4O4S. The van der Waals surface area contributed by atoms with Gasteiger partial charge in [-0.3, -0.25) is 15.0 Å². The fourth-order valence-electron chi connectivity index (χ4n) is 2.89. The van der Waals surface area contributed by atoms with Crippen molar-refractivity contribution in [1.82, 2.24) is 19.8 Å². The number of hydrogen-bond acceptors (Lipinski definition) is 5. The molecule has 0 atom stereocenters. The van der Waals surface area contributed by atoms with E-state index in [1.807, 2.05) is 45.6 Å². The largest absolute Gasteiger partial charge is 0.333 e. The topological polar surface area (TPSA) is 98.8 Å². The van der Waals surface area contributed by atoms with Gasteiger partial charge in [0.1, 0.15) is 0 Å². The molecule has 0 aromatic heterocycles. The van der Waals surface area contributed by atoms with Gasteiger partial charge in [-0.05, 0) is 57.9 Å². The summed E-state index contributed by atoms with van der Waals surface area (Å²) in [6.45, 7) is 10.8. The fraction of sp³-hybridized carbons (Fsp3) is 0.579. The minimum Gasteiger partial charge on any atom is -0.333 e. The van der Waals surface area contributed by atoms with Crippen molar-refractivity contribution in [3.63, 3.8) is 0 Å². The summed E-state index contributed by atoms with van der Waals surface area (Å²) in [5.41, 5.74) is 1.55. The second-order valence-corrected chi connectivity index (χ2v) is 10.1. The van der Waals surface area contributed by atoms with E-state index >= 15 is 0 Å². The Kier molecular flexibility index (Phi) is 6.84. The lowest BCUT2D eigenvalue weighted by Crippen LogP contribution is -2.53. The molecule has 1 aliphatic rings. The molecule has 0 unspecified atom stereocenters. The van der Waals surface area contributed by atoms with Crippen molar-refractivity contribution in [3.05, 3.63) is 29.3 Å². The summed E-state index contributed by atoms with van der Waals surface area (Å²) in [6.07, 6.45) is 0. The maximum Gasteiger partial charge on any atom is 0.321 e. The summed E-state index contributed by atoms with van der Waals surface area (Å²) in [7, 11) is -3.55. The molecule has 9 heteroatoms. The van der Waals surface area contributed by atoms with Gasteiger partial charge >= 0.3 is 6.03 Å². The van der Waals surface area contributed by atoms with E-state index in [0.29, 0.717) is 31.1 Å². The van der Waals surface area contributed by atoms with Crippen molar-refractivity contribution < 1.29 is 18.0 Å². The zero-order valence-corrected chi connectivity index (χ0v) is 18.0. The molecule has 0 spiro atoms. The van der Waals surface area contributed by atoms with E-state index in [-0.39, 0.29) is 6.54 Å². The lowest BCUT2D eigenvalue weighted by Gasteiger charge is -2.33. The summed E-state index contributed by atoms with van der Waals surface area (Å²) >= 11 is 0. The van der Waals surface area contributed by atoms with Crippen LogP contribution in [-0.4, -0.2) is 67.8 Å². The zero-order valence-electron chi connectivity index (χ0n) is 17.2. The Labute approximate surface area is 167 Å². The van der Waals surface area contributed by atoms with Crippen LogP contribution in [0, 0.1) is 13.8 Å². The second kappa shape index (κ2) is 8.59. The van der Waals surface area contributed by atoms with Gasteiger partial charge in [0.15, 0.2) is 0 Å². The third kappa shape index (κ3) is 6.02. The van der Waals surface area contributed by atoms with Crippen molar-refractivity contribution in [3.8, 4) is 0 Å². The number of rotatable bonds is 4. The van der Waals surface area contributed by atoms with Crippen molar-refractivity contribution in [1.29, 1.82) is 0 Å². The van der Waals surface area contributed by atoms with E-state index < -0.39 is 27.5 Å². The molecule has 1 aliphatic heterocycles. The lowest BCUT2D eigenvalue weighted by molar-refractivity contribution is -0.121. The molecular weight excluding hydrogens is 380 g/mol. The van der Waals surface area contributed by atoms with Gasteiger partial charge in [-0.25, -0.2) is 13.2 Å². The van der Waals surface area contributed by atoms with Crippen molar-refractivity contribution in [2.24, 2.45) is 0 Å². The monoisotopic (exact) mass is 410 g/mol. The molecule has 2 N–H and O–H groups in total. The molecule has 1 heterocycles. The number of imide groups is 1. The second-order valence-electron chi connectivity index (χ2n) is 8.18. The number of piperazine rings is 1. The van der Waals surface area contributed by atoms with Crippen LogP contribution in [0.5, 0.6) is 0 Å². The van der Waals surface area contributed by atoms with E-state index in [2.05, 4.69) is 10.6 Å². The minimum atomic E-state index is -3.55. The Morgan fingerprint density at radius 1 is 1.04 bits per heavy atom. The highest BCUT2D eigenvalue weighted by Gasteiger charge is 2.29. The quantitative estimate of drug-likeness (QED) is 0.778. The van der Waals surface area contributed by atoms with E-state index in [4.69, 9.17) is 0 Å². The maximum absolute atomic E-state index is 12.8.